The van der Waals surface area contributed by atoms with E-state index in [1.807, 2.05) is 12.1 Å². The molecular weight excluding hydrogens is 310 g/mol. The van der Waals surface area contributed by atoms with Crippen molar-refractivity contribution in [3.63, 3.8) is 0 Å². The summed E-state index contributed by atoms with van der Waals surface area (Å²) in [6.07, 6.45) is 5.17. The molecule has 4 rings (SSSR count). The number of benzene rings is 1. The molecule has 1 aromatic rings. The van der Waals surface area contributed by atoms with Crippen molar-refractivity contribution in [1.29, 1.82) is 0 Å². The van der Waals surface area contributed by atoms with Gasteiger partial charge in [-0.25, -0.2) is 0 Å². The highest BCUT2D eigenvalue weighted by Gasteiger charge is 2.48. The molecule has 0 radical (unpaired) electrons. The molecule has 1 aromatic carbocycles. The second-order valence-electron chi connectivity index (χ2n) is 7.70. The van der Waals surface area contributed by atoms with Gasteiger partial charge in [0, 0.05) is 19.2 Å². The zero-order valence-electron chi connectivity index (χ0n) is 14.1. The van der Waals surface area contributed by atoms with E-state index < -0.39 is 0 Å². The molecule has 1 aliphatic carbocycles. The van der Waals surface area contributed by atoms with Crippen LogP contribution in [-0.2, 0) is 16.6 Å². The summed E-state index contributed by atoms with van der Waals surface area (Å²) in [6.45, 7) is 7.99. The van der Waals surface area contributed by atoms with Crippen LogP contribution in [0.4, 0.5) is 0 Å². The maximum atomic E-state index is 9.90. The third-order valence-corrected chi connectivity index (χ3v) is 6.57. The Labute approximate surface area is 145 Å². The van der Waals surface area contributed by atoms with E-state index in [9.17, 15) is 5.11 Å². The Bertz CT molecular complexity index is 572. The first-order valence-corrected chi connectivity index (χ1v) is 8.76. The van der Waals surface area contributed by atoms with Crippen molar-refractivity contribution in [2.24, 2.45) is 5.92 Å². The molecule has 3 nitrogen and oxygen atoms in total. The van der Waals surface area contributed by atoms with E-state index in [-0.39, 0.29) is 17.8 Å². The van der Waals surface area contributed by atoms with E-state index >= 15 is 0 Å². The monoisotopic (exact) mass is 337 g/mol. The molecular formula is C19H28ClNO2. The summed E-state index contributed by atoms with van der Waals surface area (Å²) in [4.78, 5) is 2.68. The average Bonchev–Trinajstić information content (AvgIpc) is 3.00. The second-order valence-corrected chi connectivity index (χ2v) is 7.70. The molecule has 2 saturated heterocycles. The van der Waals surface area contributed by atoms with Gasteiger partial charge in [-0.2, -0.15) is 0 Å². The number of likely N-dealkylation sites (tertiary alicyclic amines) is 1. The summed E-state index contributed by atoms with van der Waals surface area (Å²) in [5.74, 6) is 1.03. The Balaban J connectivity index is 0.00000156. The number of phenolic OH excluding ortho intramolecular Hbond substituents is 1. The van der Waals surface area contributed by atoms with Gasteiger partial charge in [-0.05, 0) is 66.8 Å². The van der Waals surface area contributed by atoms with Crippen LogP contribution in [-0.4, -0.2) is 41.8 Å². The lowest BCUT2D eigenvalue weighted by Gasteiger charge is -2.55. The standard InChI is InChI=1S/C19H27NO2.ClH/c1-13-18-10-14-5-6-15(21)11-17(14)19(13,2)7-8-20(18)12-16-4-3-9-22-16;/h5-6,11,13,16,18,21H,3-4,7-10,12H2,1-2H3;1H/t13-,16-,18-,19-;/m1./s1. The topological polar surface area (TPSA) is 32.7 Å². The fourth-order valence-electron chi connectivity index (χ4n) is 4.97. The first kappa shape index (κ1) is 17.1. The Morgan fingerprint density at radius 1 is 1.39 bits per heavy atom. The lowest BCUT2D eigenvalue weighted by atomic mass is 9.59. The minimum absolute atomic E-state index is 0. The van der Waals surface area contributed by atoms with Crippen molar-refractivity contribution >= 4 is 12.4 Å². The highest BCUT2D eigenvalue weighted by Crippen LogP contribution is 2.49. The first-order chi connectivity index (χ1) is 10.6. The van der Waals surface area contributed by atoms with Crippen LogP contribution in [0.15, 0.2) is 18.2 Å². The van der Waals surface area contributed by atoms with Crippen LogP contribution in [0, 0.1) is 5.92 Å². The zero-order valence-corrected chi connectivity index (χ0v) is 14.9. The molecule has 4 heteroatoms. The summed E-state index contributed by atoms with van der Waals surface area (Å²) < 4.78 is 5.86. The molecule has 4 atom stereocenters. The largest absolute Gasteiger partial charge is 0.508 e. The molecule has 23 heavy (non-hydrogen) atoms. The average molecular weight is 338 g/mol. The lowest BCUT2D eigenvalue weighted by molar-refractivity contribution is -0.00671. The van der Waals surface area contributed by atoms with Gasteiger partial charge in [-0.15, -0.1) is 12.4 Å². The molecule has 2 fully saturated rings. The predicted molar refractivity (Wildman–Crippen MR) is 94.5 cm³/mol. The first-order valence-electron chi connectivity index (χ1n) is 8.76. The molecule has 2 aliphatic heterocycles. The van der Waals surface area contributed by atoms with E-state index in [2.05, 4.69) is 24.8 Å². The number of nitrogens with zero attached hydrogens (tertiary/aromatic N) is 1. The minimum atomic E-state index is 0. The molecule has 2 bridgehead atoms. The Morgan fingerprint density at radius 3 is 2.96 bits per heavy atom. The molecule has 0 spiro atoms. The molecule has 0 amide bonds. The van der Waals surface area contributed by atoms with Gasteiger partial charge in [0.15, 0.2) is 0 Å². The van der Waals surface area contributed by atoms with Crippen molar-refractivity contribution in [3.8, 4) is 5.75 Å². The molecule has 0 saturated carbocycles. The van der Waals surface area contributed by atoms with Crippen LogP contribution < -0.4 is 0 Å². The van der Waals surface area contributed by atoms with Crippen LogP contribution in [0.1, 0.15) is 44.2 Å². The normalized spacial score (nSPS) is 36.3. The number of fused-ring (bicyclic) bond motifs is 4. The smallest absolute Gasteiger partial charge is 0.115 e. The number of hydrogen-bond donors (Lipinski definition) is 1. The van der Waals surface area contributed by atoms with E-state index in [1.54, 1.807) is 0 Å². The van der Waals surface area contributed by atoms with Gasteiger partial charge in [0.2, 0.25) is 0 Å². The third kappa shape index (κ3) is 2.77. The van der Waals surface area contributed by atoms with Crippen LogP contribution >= 0.6 is 12.4 Å². The van der Waals surface area contributed by atoms with Crippen LogP contribution in [0.2, 0.25) is 0 Å². The summed E-state index contributed by atoms with van der Waals surface area (Å²) in [6, 6.07) is 6.60. The van der Waals surface area contributed by atoms with Crippen molar-refractivity contribution in [2.75, 3.05) is 19.7 Å². The molecule has 128 valence electrons. The summed E-state index contributed by atoms with van der Waals surface area (Å²) >= 11 is 0. The Hall–Kier alpha value is -0.770. The number of halogens is 1. The van der Waals surface area contributed by atoms with Crippen molar-refractivity contribution in [2.45, 2.75) is 57.1 Å². The number of rotatable bonds is 2. The fraction of sp³-hybridized carbons (Fsp3) is 0.684. The molecule has 0 unspecified atom stereocenters. The molecule has 2 heterocycles. The summed E-state index contributed by atoms with van der Waals surface area (Å²) in [7, 11) is 0. The number of ether oxygens (including phenoxy) is 1. The molecule has 1 N–H and O–H groups in total. The van der Waals surface area contributed by atoms with E-state index in [1.165, 1.54) is 30.4 Å². The van der Waals surface area contributed by atoms with Crippen LogP contribution in [0.25, 0.3) is 0 Å². The van der Waals surface area contributed by atoms with Gasteiger partial charge in [0.25, 0.3) is 0 Å². The highest BCUT2D eigenvalue weighted by molar-refractivity contribution is 5.85. The lowest BCUT2D eigenvalue weighted by Crippen LogP contribution is -2.59. The van der Waals surface area contributed by atoms with Gasteiger partial charge in [0.05, 0.1) is 6.10 Å². The fourth-order valence-corrected chi connectivity index (χ4v) is 4.97. The minimum Gasteiger partial charge on any atom is -0.508 e. The molecule has 0 aromatic heterocycles. The Morgan fingerprint density at radius 2 is 2.22 bits per heavy atom. The number of hydrogen-bond acceptors (Lipinski definition) is 3. The number of piperidine rings is 1. The second kappa shape index (κ2) is 6.27. The van der Waals surface area contributed by atoms with Crippen molar-refractivity contribution in [1.82, 2.24) is 4.90 Å². The predicted octanol–water partition coefficient (Wildman–Crippen LogP) is 3.52. The van der Waals surface area contributed by atoms with E-state index in [0.717, 1.165) is 26.1 Å². The van der Waals surface area contributed by atoms with Crippen molar-refractivity contribution in [3.05, 3.63) is 29.3 Å². The van der Waals surface area contributed by atoms with Crippen LogP contribution in [0.3, 0.4) is 0 Å². The number of aromatic hydroxyl groups is 1. The van der Waals surface area contributed by atoms with E-state index in [4.69, 9.17) is 4.74 Å². The highest BCUT2D eigenvalue weighted by atomic mass is 35.5. The quantitative estimate of drug-likeness (QED) is 0.896. The maximum Gasteiger partial charge on any atom is 0.115 e. The van der Waals surface area contributed by atoms with Crippen LogP contribution in [0.5, 0.6) is 5.75 Å². The zero-order chi connectivity index (χ0) is 15.3. The third-order valence-electron chi connectivity index (χ3n) is 6.57. The van der Waals surface area contributed by atoms with Gasteiger partial charge >= 0.3 is 0 Å². The Kier molecular flexibility index (Phi) is 4.65. The van der Waals surface area contributed by atoms with Gasteiger partial charge in [0.1, 0.15) is 5.75 Å². The summed E-state index contributed by atoms with van der Waals surface area (Å²) in [5, 5.41) is 9.90. The number of phenols is 1. The SMILES string of the molecule is C[C@@H]1[C@H]2Cc3ccc(O)cc3[C@]1(C)CCN2C[C@H]1CCCO1.Cl. The van der Waals surface area contributed by atoms with Gasteiger partial charge in [-0.1, -0.05) is 19.9 Å². The van der Waals surface area contributed by atoms with E-state index in [0.29, 0.717) is 23.8 Å². The van der Waals surface area contributed by atoms with Gasteiger partial charge in [-0.3, -0.25) is 4.90 Å². The van der Waals surface area contributed by atoms with Gasteiger partial charge < -0.3 is 9.84 Å². The summed E-state index contributed by atoms with van der Waals surface area (Å²) in [5.41, 5.74) is 3.01. The maximum absolute atomic E-state index is 9.90. The van der Waals surface area contributed by atoms with Crippen molar-refractivity contribution < 1.29 is 9.84 Å². The molecule has 3 aliphatic rings.